The Balaban J connectivity index is 0.00000288. The number of hydrogen-bond donors (Lipinski definition) is 3. The molecule has 3 N–H and O–H groups in total. The maximum absolute atomic E-state index is 11.5. The minimum absolute atomic E-state index is 0. The van der Waals surface area contributed by atoms with Gasteiger partial charge in [-0.15, -0.1) is 35.3 Å². The predicted molar refractivity (Wildman–Crippen MR) is 110 cm³/mol. The SMILES string of the molecule is CCNC(=NCCc1sc(C)nc1C)NCCNC(=O)C1CC1.I. The number of rotatable bonds is 8. The highest BCUT2D eigenvalue weighted by molar-refractivity contribution is 14.0. The van der Waals surface area contributed by atoms with Crippen LogP contribution in [0.2, 0.25) is 0 Å². The van der Waals surface area contributed by atoms with Crippen molar-refractivity contribution in [1.82, 2.24) is 20.9 Å². The van der Waals surface area contributed by atoms with Crippen molar-refractivity contribution in [3.05, 3.63) is 15.6 Å². The first kappa shape index (κ1) is 21.1. The Morgan fingerprint density at radius 3 is 2.54 bits per heavy atom. The second kappa shape index (κ2) is 10.9. The molecule has 1 aromatic rings. The molecular formula is C16H28IN5OS. The standard InChI is InChI=1S/C16H27N5OS.HI/c1-4-17-16(20-10-9-18-15(22)13-5-6-13)19-8-7-14-11(2)21-12(3)23-14;/h13H,4-10H2,1-3H3,(H,18,22)(H2,17,19,20);1H. The molecule has 6 nitrogen and oxygen atoms in total. The van der Waals surface area contributed by atoms with E-state index < -0.39 is 0 Å². The van der Waals surface area contributed by atoms with Crippen LogP contribution in [-0.2, 0) is 11.2 Å². The quantitative estimate of drug-likeness (QED) is 0.238. The van der Waals surface area contributed by atoms with Gasteiger partial charge in [0, 0.05) is 43.4 Å². The van der Waals surface area contributed by atoms with Crippen LogP contribution in [0.15, 0.2) is 4.99 Å². The molecule has 24 heavy (non-hydrogen) atoms. The third-order valence-corrected chi connectivity index (χ3v) is 4.75. The molecule has 0 atom stereocenters. The lowest BCUT2D eigenvalue weighted by molar-refractivity contribution is -0.122. The number of aliphatic imine (C=N–C) groups is 1. The lowest BCUT2D eigenvalue weighted by Gasteiger charge is -2.11. The third-order valence-electron chi connectivity index (χ3n) is 3.62. The second-order valence-corrected chi connectivity index (χ2v) is 7.03. The molecular weight excluding hydrogens is 437 g/mol. The zero-order chi connectivity index (χ0) is 16.7. The van der Waals surface area contributed by atoms with Gasteiger partial charge in [-0.25, -0.2) is 4.98 Å². The Kier molecular flexibility index (Phi) is 9.57. The maximum atomic E-state index is 11.5. The number of thiazole rings is 1. The molecule has 8 heteroatoms. The topological polar surface area (TPSA) is 78.4 Å². The van der Waals surface area contributed by atoms with E-state index in [1.54, 1.807) is 11.3 Å². The number of nitrogens with one attached hydrogen (secondary N) is 3. The van der Waals surface area contributed by atoms with Crippen LogP contribution < -0.4 is 16.0 Å². The average Bonchev–Trinajstić information content (AvgIpc) is 3.30. The van der Waals surface area contributed by atoms with Gasteiger partial charge < -0.3 is 16.0 Å². The van der Waals surface area contributed by atoms with Crippen LogP contribution in [0.4, 0.5) is 0 Å². The third kappa shape index (κ3) is 7.33. The van der Waals surface area contributed by atoms with E-state index in [0.717, 1.165) is 49.0 Å². The van der Waals surface area contributed by atoms with Crippen molar-refractivity contribution in [2.75, 3.05) is 26.2 Å². The van der Waals surface area contributed by atoms with Gasteiger partial charge in [0.15, 0.2) is 5.96 Å². The lowest BCUT2D eigenvalue weighted by Crippen LogP contribution is -2.41. The van der Waals surface area contributed by atoms with Crippen molar-refractivity contribution in [3.63, 3.8) is 0 Å². The number of guanidine groups is 1. The summed E-state index contributed by atoms with van der Waals surface area (Å²) >= 11 is 1.74. The minimum Gasteiger partial charge on any atom is -0.357 e. The van der Waals surface area contributed by atoms with Gasteiger partial charge in [0.05, 0.1) is 10.7 Å². The van der Waals surface area contributed by atoms with E-state index in [1.165, 1.54) is 4.88 Å². The molecule has 1 saturated carbocycles. The van der Waals surface area contributed by atoms with Gasteiger partial charge in [-0.05, 0) is 33.6 Å². The molecule has 1 amide bonds. The number of nitrogens with zero attached hydrogens (tertiary/aromatic N) is 2. The highest BCUT2D eigenvalue weighted by atomic mass is 127. The molecule has 0 saturated heterocycles. The summed E-state index contributed by atoms with van der Waals surface area (Å²) < 4.78 is 0. The van der Waals surface area contributed by atoms with Crippen LogP contribution in [0.1, 0.15) is 35.3 Å². The van der Waals surface area contributed by atoms with Gasteiger partial charge in [-0.2, -0.15) is 0 Å². The van der Waals surface area contributed by atoms with Crippen molar-refractivity contribution >= 4 is 47.2 Å². The molecule has 1 heterocycles. The maximum Gasteiger partial charge on any atom is 0.223 e. The number of hydrogen-bond acceptors (Lipinski definition) is 4. The predicted octanol–water partition coefficient (Wildman–Crippen LogP) is 2.00. The van der Waals surface area contributed by atoms with Crippen LogP contribution in [0.5, 0.6) is 0 Å². The van der Waals surface area contributed by atoms with E-state index in [-0.39, 0.29) is 35.8 Å². The van der Waals surface area contributed by atoms with E-state index in [4.69, 9.17) is 0 Å². The van der Waals surface area contributed by atoms with Crippen molar-refractivity contribution in [1.29, 1.82) is 0 Å². The lowest BCUT2D eigenvalue weighted by atomic mass is 10.3. The van der Waals surface area contributed by atoms with E-state index in [0.29, 0.717) is 13.1 Å². The summed E-state index contributed by atoms with van der Waals surface area (Å²) in [4.78, 5) is 21.9. The summed E-state index contributed by atoms with van der Waals surface area (Å²) in [7, 11) is 0. The largest absolute Gasteiger partial charge is 0.357 e. The van der Waals surface area contributed by atoms with Gasteiger partial charge in [0.25, 0.3) is 0 Å². The number of carbonyl (C=O) groups excluding carboxylic acids is 1. The molecule has 136 valence electrons. The minimum atomic E-state index is 0. The number of aromatic nitrogens is 1. The monoisotopic (exact) mass is 465 g/mol. The van der Waals surface area contributed by atoms with Gasteiger partial charge in [-0.3, -0.25) is 9.79 Å². The van der Waals surface area contributed by atoms with Crippen LogP contribution in [0.25, 0.3) is 0 Å². The van der Waals surface area contributed by atoms with Crippen LogP contribution in [0, 0.1) is 19.8 Å². The summed E-state index contributed by atoms with van der Waals surface area (Å²) in [5, 5.41) is 10.5. The first-order valence-electron chi connectivity index (χ1n) is 8.33. The van der Waals surface area contributed by atoms with Crippen molar-refractivity contribution in [2.24, 2.45) is 10.9 Å². The molecule has 0 bridgehead atoms. The normalized spacial score (nSPS) is 14.0. The van der Waals surface area contributed by atoms with E-state index >= 15 is 0 Å². The molecule has 1 aromatic heterocycles. The summed E-state index contributed by atoms with van der Waals surface area (Å²) in [5.41, 5.74) is 1.11. The van der Waals surface area contributed by atoms with Crippen LogP contribution >= 0.6 is 35.3 Å². The second-order valence-electron chi connectivity index (χ2n) is 5.74. The van der Waals surface area contributed by atoms with Gasteiger partial charge in [0.2, 0.25) is 5.91 Å². The summed E-state index contributed by atoms with van der Waals surface area (Å²) in [5.74, 6) is 1.25. The molecule has 0 aliphatic heterocycles. The fourth-order valence-corrected chi connectivity index (χ4v) is 3.20. The Morgan fingerprint density at radius 1 is 1.25 bits per heavy atom. The summed E-state index contributed by atoms with van der Waals surface area (Å²) in [6.45, 7) is 8.99. The smallest absolute Gasteiger partial charge is 0.223 e. The Labute approximate surface area is 165 Å². The van der Waals surface area contributed by atoms with Crippen molar-refractivity contribution in [3.8, 4) is 0 Å². The molecule has 1 aliphatic rings. The molecule has 0 spiro atoms. The van der Waals surface area contributed by atoms with E-state index in [2.05, 4.69) is 32.9 Å². The fourth-order valence-electron chi connectivity index (χ4n) is 2.27. The number of amides is 1. The Morgan fingerprint density at radius 2 is 1.96 bits per heavy atom. The highest BCUT2D eigenvalue weighted by Gasteiger charge is 2.28. The number of carbonyl (C=O) groups is 1. The van der Waals surface area contributed by atoms with Crippen molar-refractivity contribution < 1.29 is 4.79 Å². The molecule has 0 radical (unpaired) electrons. The Bertz CT molecular complexity index is 557. The summed E-state index contributed by atoms with van der Waals surface area (Å²) in [6.07, 6.45) is 2.99. The van der Waals surface area contributed by atoms with E-state index in [1.807, 2.05) is 13.8 Å². The molecule has 0 unspecified atom stereocenters. The highest BCUT2D eigenvalue weighted by Crippen LogP contribution is 2.28. The zero-order valence-electron chi connectivity index (χ0n) is 14.6. The van der Waals surface area contributed by atoms with Crippen molar-refractivity contribution in [2.45, 2.75) is 40.0 Å². The number of halogens is 1. The molecule has 0 aromatic carbocycles. The molecule has 1 fully saturated rings. The van der Waals surface area contributed by atoms with E-state index in [9.17, 15) is 4.79 Å². The first-order chi connectivity index (χ1) is 11.1. The van der Waals surface area contributed by atoms with Crippen LogP contribution in [0.3, 0.4) is 0 Å². The molecule has 1 aliphatic carbocycles. The zero-order valence-corrected chi connectivity index (χ0v) is 17.8. The summed E-state index contributed by atoms with van der Waals surface area (Å²) in [6, 6.07) is 0. The molecule has 2 rings (SSSR count). The van der Waals surface area contributed by atoms with Crippen LogP contribution in [-0.4, -0.2) is 43.0 Å². The Hall–Kier alpha value is -0.900. The van der Waals surface area contributed by atoms with Gasteiger partial charge in [-0.1, -0.05) is 0 Å². The average molecular weight is 465 g/mol. The fraction of sp³-hybridized carbons (Fsp3) is 0.688. The number of aryl methyl sites for hydroxylation is 2. The van der Waals surface area contributed by atoms with Gasteiger partial charge >= 0.3 is 0 Å². The first-order valence-corrected chi connectivity index (χ1v) is 9.14. The van der Waals surface area contributed by atoms with Gasteiger partial charge in [0.1, 0.15) is 0 Å².